The van der Waals surface area contributed by atoms with E-state index < -0.39 is 5.41 Å². The van der Waals surface area contributed by atoms with Crippen LogP contribution in [0.25, 0.3) is 0 Å². The van der Waals surface area contributed by atoms with Gasteiger partial charge in [-0.2, -0.15) is 5.26 Å². The van der Waals surface area contributed by atoms with Gasteiger partial charge in [-0.3, -0.25) is 0 Å². The molecule has 39 heavy (non-hydrogen) atoms. The lowest BCUT2D eigenvalue weighted by molar-refractivity contribution is 0.0376. The lowest BCUT2D eigenvalue weighted by atomic mass is 9.69. The molecule has 0 saturated carbocycles. The molecule has 0 aliphatic carbocycles. The number of benzene rings is 2. The maximum Gasteiger partial charge on any atom is 0.338 e. The van der Waals surface area contributed by atoms with E-state index in [1.165, 1.54) is 0 Å². The first kappa shape index (κ1) is 31.8. The highest BCUT2D eigenvalue weighted by atomic mass is 16.5. The van der Waals surface area contributed by atoms with E-state index in [1.54, 1.807) is 34.5 Å². The van der Waals surface area contributed by atoms with Gasteiger partial charge in [0.25, 0.3) is 0 Å². The van der Waals surface area contributed by atoms with Gasteiger partial charge in [0.1, 0.15) is 0 Å². The lowest BCUT2D eigenvalue weighted by Crippen LogP contribution is -2.31. The SMILES string of the molecule is COc1ccc(C(C#N)(CCCCNCCc2cc(OC)c(OC)cc2C(=O)OC(C)C)C(C)C)cc1OC. The zero-order chi connectivity index (χ0) is 29.0. The molecule has 1 atom stereocenters. The molecular weight excluding hydrogens is 496 g/mol. The normalized spacial score (nSPS) is 12.5. The molecule has 8 nitrogen and oxygen atoms in total. The molecule has 1 unspecified atom stereocenters. The number of rotatable bonds is 16. The van der Waals surface area contributed by atoms with Crippen LogP contribution in [0.5, 0.6) is 23.0 Å². The Morgan fingerprint density at radius 2 is 1.49 bits per heavy atom. The fraction of sp³-hybridized carbons (Fsp3) is 0.548. The zero-order valence-electron chi connectivity index (χ0n) is 24.7. The maximum absolute atomic E-state index is 12.7. The van der Waals surface area contributed by atoms with Crippen LogP contribution in [0.2, 0.25) is 0 Å². The van der Waals surface area contributed by atoms with Crippen LogP contribution in [-0.2, 0) is 16.6 Å². The Balaban J connectivity index is 2.01. The number of nitriles is 1. The molecule has 0 spiro atoms. The minimum absolute atomic E-state index is 0.127. The summed E-state index contributed by atoms with van der Waals surface area (Å²) in [6.07, 6.45) is 2.94. The largest absolute Gasteiger partial charge is 0.493 e. The molecule has 0 heterocycles. The summed E-state index contributed by atoms with van der Waals surface area (Å²) in [6.45, 7) is 9.30. The molecule has 0 radical (unpaired) electrons. The van der Waals surface area contributed by atoms with Crippen LogP contribution in [0, 0.1) is 17.2 Å². The van der Waals surface area contributed by atoms with Crippen LogP contribution in [0.1, 0.15) is 68.4 Å². The van der Waals surface area contributed by atoms with Crippen molar-refractivity contribution >= 4 is 5.97 Å². The van der Waals surface area contributed by atoms with Gasteiger partial charge < -0.3 is 29.0 Å². The van der Waals surface area contributed by atoms with Gasteiger partial charge in [-0.15, -0.1) is 0 Å². The van der Waals surface area contributed by atoms with Crippen molar-refractivity contribution in [3.05, 3.63) is 47.0 Å². The number of methoxy groups -OCH3 is 4. The van der Waals surface area contributed by atoms with Gasteiger partial charge in [0.05, 0.1) is 51.6 Å². The predicted octanol–water partition coefficient (Wildman–Crippen LogP) is 5.71. The third-order valence-electron chi connectivity index (χ3n) is 7.00. The maximum atomic E-state index is 12.7. The van der Waals surface area contributed by atoms with Crippen LogP contribution in [0.4, 0.5) is 0 Å². The van der Waals surface area contributed by atoms with Crippen molar-refractivity contribution in [1.29, 1.82) is 5.26 Å². The monoisotopic (exact) mass is 540 g/mol. The fourth-order valence-corrected chi connectivity index (χ4v) is 4.73. The van der Waals surface area contributed by atoms with E-state index in [-0.39, 0.29) is 18.0 Å². The molecule has 0 saturated heterocycles. The second kappa shape index (κ2) is 15.2. The minimum atomic E-state index is -0.620. The van der Waals surface area contributed by atoms with Crippen molar-refractivity contribution in [3.63, 3.8) is 0 Å². The van der Waals surface area contributed by atoms with Crippen molar-refractivity contribution in [1.82, 2.24) is 5.32 Å². The van der Waals surface area contributed by atoms with E-state index in [9.17, 15) is 10.1 Å². The Bertz CT molecular complexity index is 1120. The molecule has 0 amide bonds. The van der Waals surface area contributed by atoms with Gasteiger partial charge in [0.15, 0.2) is 23.0 Å². The summed E-state index contributed by atoms with van der Waals surface area (Å²) in [5.41, 5.74) is 1.64. The Morgan fingerprint density at radius 3 is 2.05 bits per heavy atom. The Labute approximate surface area is 233 Å². The van der Waals surface area contributed by atoms with Crippen LogP contribution in [0.15, 0.2) is 30.3 Å². The topological polar surface area (TPSA) is 99.0 Å². The molecule has 2 rings (SSSR count). The highest BCUT2D eigenvalue weighted by molar-refractivity contribution is 5.92. The van der Waals surface area contributed by atoms with E-state index in [2.05, 4.69) is 25.2 Å². The highest BCUT2D eigenvalue weighted by Crippen LogP contribution is 2.40. The van der Waals surface area contributed by atoms with Crippen LogP contribution in [0.3, 0.4) is 0 Å². The minimum Gasteiger partial charge on any atom is -0.493 e. The quantitative estimate of drug-likeness (QED) is 0.214. The second-order valence-corrected chi connectivity index (χ2v) is 10.1. The van der Waals surface area contributed by atoms with E-state index in [4.69, 9.17) is 23.7 Å². The van der Waals surface area contributed by atoms with Gasteiger partial charge in [-0.25, -0.2) is 4.79 Å². The number of hydrogen-bond donors (Lipinski definition) is 1. The Kier molecular flexibility index (Phi) is 12.4. The molecule has 0 aromatic heterocycles. The first-order valence-corrected chi connectivity index (χ1v) is 13.5. The molecule has 214 valence electrons. The van der Waals surface area contributed by atoms with Crippen molar-refractivity contribution in [2.45, 2.75) is 64.9 Å². The molecule has 8 heteroatoms. The third-order valence-corrected chi connectivity index (χ3v) is 7.00. The van der Waals surface area contributed by atoms with Gasteiger partial charge in [-0.05, 0) is 87.5 Å². The molecule has 0 fully saturated rings. The summed E-state index contributed by atoms with van der Waals surface area (Å²) in [4.78, 5) is 12.7. The average Bonchev–Trinajstić information content (AvgIpc) is 2.93. The van der Waals surface area contributed by atoms with Gasteiger partial charge in [0.2, 0.25) is 0 Å². The van der Waals surface area contributed by atoms with E-state index >= 15 is 0 Å². The molecule has 1 N–H and O–H groups in total. The number of hydrogen-bond acceptors (Lipinski definition) is 8. The average molecular weight is 541 g/mol. The third kappa shape index (κ3) is 8.03. The van der Waals surface area contributed by atoms with Gasteiger partial charge in [0, 0.05) is 0 Å². The van der Waals surface area contributed by atoms with Gasteiger partial charge in [-0.1, -0.05) is 26.3 Å². The van der Waals surface area contributed by atoms with Crippen molar-refractivity contribution < 1.29 is 28.5 Å². The number of unbranched alkanes of at least 4 members (excludes halogenated alkanes) is 1. The Morgan fingerprint density at radius 1 is 0.872 bits per heavy atom. The molecule has 2 aromatic rings. The van der Waals surface area contributed by atoms with E-state index in [0.29, 0.717) is 41.5 Å². The van der Waals surface area contributed by atoms with Crippen LogP contribution >= 0.6 is 0 Å². The highest BCUT2D eigenvalue weighted by Gasteiger charge is 2.36. The van der Waals surface area contributed by atoms with Crippen molar-refractivity contribution in [2.24, 2.45) is 5.92 Å². The first-order chi connectivity index (χ1) is 18.7. The summed E-state index contributed by atoms with van der Waals surface area (Å²) in [7, 11) is 6.33. The first-order valence-electron chi connectivity index (χ1n) is 13.5. The summed E-state index contributed by atoms with van der Waals surface area (Å²) in [5.74, 6) is 2.09. The van der Waals surface area contributed by atoms with Crippen molar-refractivity contribution in [2.75, 3.05) is 41.5 Å². The van der Waals surface area contributed by atoms with Gasteiger partial charge >= 0.3 is 5.97 Å². The van der Waals surface area contributed by atoms with E-state index in [0.717, 1.165) is 36.9 Å². The zero-order valence-corrected chi connectivity index (χ0v) is 24.7. The number of ether oxygens (including phenoxy) is 5. The Hall–Kier alpha value is -3.44. The summed E-state index contributed by atoms with van der Waals surface area (Å²) >= 11 is 0. The molecular formula is C31H44N2O6. The van der Waals surface area contributed by atoms with Crippen LogP contribution in [-0.4, -0.2) is 53.6 Å². The summed E-state index contributed by atoms with van der Waals surface area (Å²) in [5, 5.41) is 13.7. The number of nitrogens with one attached hydrogen (secondary N) is 1. The lowest BCUT2D eigenvalue weighted by Gasteiger charge is -2.32. The molecule has 0 bridgehead atoms. The predicted molar refractivity (Wildman–Crippen MR) is 152 cm³/mol. The van der Waals surface area contributed by atoms with E-state index in [1.807, 2.05) is 38.1 Å². The number of esters is 1. The standard InChI is InChI=1S/C31H44N2O6/c1-21(2)31(20-32,24-11-12-26(35-5)28(18-24)37-7)14-9-10-15-33-16-13-23-17-27(36-6)29(38-8)19-25(23)30(34)39-22(3)4/h11-12,17-19,21-22,33H,9-10,13-16H2,1-8H3. The number of nitrogens with zero attached hydrogens (tertiary/aromatic N) is 1. The smallest absolute Gasteiger partial charge is 0.338 e. The summed E-state index contributed by atoms with van der Waals surface area (Å²) < 4.78 is 27.1. The number of carbonyl (C=O) groups excluding carboxylic acids is 1. The molecule has 0 aliphatic heterocycles. The van der Waals surface area contributed by atoms with Crippen LogP contribution < -0.4 is 24.3 Å². The molecule has 0 aliphatic rings. The fourth-order valence-electron chi connectivity index (χ4n) is 4.73. The second-order valence-electron chi connectivity index (χ2n) is 10.1. The summed E-state index contributed by atoms with van der Waals surface area (Å²) in [6, 6.07) is 11.9. The van der Waals surface area contributed by atoms with Crippen molar-refractivity contribution in [3.8, 4) is 29.1 Å². The number of carbonyl (C=O) groups is 1. The molecule has 2 aromatic carbocycles.